The molecule has 0 fully saturated rings. The molecule has 5 nitrogen and oxygen atoms in total. The summed E-state index contributed by atoms with van der Waals surface area (Å²) in [5.41, 5.74) is 4.44. The molecule has 2 aromatic rings. The quantitative estimate of drug-likeness (QED) is 0.509. The van der Waals surface area contributed by atoms with Crippen LogP contribution in [0, 0.1) is 0 Å². The number of Topliss-reactive ketones (excluding diaryl/α,β-unsaturated/α-hetero) is 1. The van der Waals surface area contributed by atoms with Gasteiger partial charge in [0.1, 0.15) is 12.4 Å². The molecule has 0 saturated heterocycles. The van der Waals surface area contributed by atoms with Gasteiger partial charge in [-0.25, -0.2) is 4.79 Å². The van der Waals surface area contributed by atoms with Crippen LogP contribution < -0.4 is 10.1 Å². The fraction of sp³-hybridized carbons (Fsp3) is 0.200. The van der Waals surface area contributed by atoms with Gasteiger partial charge in [0.2, 0.25) is 0 Å². The third kappa shape index (κ3) is 3.55. The monoisotopic (exact) mass is 435 g/mol. The van der Waals surface area contributed by atoms with E-state index in [1.165, 1.54) is 0 Å². The Morgan fingerprint density at radius 2 is 1.97 bits per heavy atom. The summed E-state index contributed by atoms with van der Waals surface area (Å²) in [5.74, 6) is -0.676. The number of hydrogen-bond acceptors (Lipinski definition) is 5. The van der Waals surface area contributed by atoms with E-state index in [4.69, 9.17) is 21.1 Å². The lowest BCUT2D eigenvalue weighted by molar-refractivity contribution is -0.138. The van der Waals surface area contributed by atoms with Crippen molar-refractivity contribution in [3.63, 3.8) is 0 Å². The van der Waals surface area contributed by atoms with Crippen LogP contribution in [0.25, 0.3) is 5.70 Å². The molecular weight excluding hydrogens is 414 g/mol. The van der Waals surface area contributed by atoms with Crippen molar-refractivity contribution in [3.05, 3.63) is 93.7 Å². The van der Waals surface area contributed by atoms with Crippen LogP contribution in [0.4, 0.5) is 0 Å². The van der Waals surface area contributed by atoms with Gasteiger partial charge in [0.15, 0.2) is 5.78 Å². The molecule has 1 aliphatic carbocycles. The first-order valence-electron chi connectivity index (χ1n) is 10.0. The Balaban J connectivity index is 1.87. The predicted molar refractivity (Wildman–Crippen MR) is 120 cm³/mol. The van der Waals surface area contributed by atoms with Crippen molar-refractivity contribution in [2.75, 3.05) is 13.2 Å². The maximum atomic E-state index is 13.4. The zero-order chi connectivity index (χ0) is 22.1. The van der Waals surface area contributed by atoms with Gasteiger partial charge < -0.3 is 14.8 Å². The molecule has 0 spiro atoms. The van der Waals surface area contributed by atoms with Crippen LogP contribution in [-0.4, -0.2) is 25.0 Å². The van der Waals surface area contributed by atoms with Crippen molar-refractivity contribution in [1.29, 1.82) is 0 Å². The third-order valence-electron chi connectivity index (χ3n) is 5.39. The summed E-state index contributed by atoms with van der Waals surface area (Å²) in [5, 5.41) is 3.67. The number of benzene rings is 2. The lowest BCUT2D eigenvalue weighted by Crippen LogP contribution is -2.29. The van der Waals surface area contributed by atoms with Crippen molar-refractivity contribution < 1.29 is 19.1 Å². The number of fused-ring (bicyclic) bond motifs is 2. The lowest BCUT2D eigenvalue weighted by atomic mass is 9.80. The Kier molecular flexibility index (Phi) is 5.70. The number of carbonyl (C=O) groups excluding carboxylic acids is 2. The molecule has 0 aromatic heterocycles. The van der Waals surface area contributed by atoms with Crippen LogP contribution in [-0.2, 0) is 9.53 Å². The predicted octanol–water partition coefficient (Wildman–Crippen LogP) is 5.04. The Morgan fingerprint density at radius 3 is 2.65 bits per heavy atom. The molecule has 158 valence electrons. The topological polar surface area (TPSA) is 64.6 Å². The summed E-state index contributed by atoms with van der Waals surface area (Å²) in [4.78, 5) is 26.3. The number of nitrogens with one attached hydrogen (secondary N) is 1. The van der Waals surface area contributed by atoms with Crippen LogP contribution in [0.3, 0.4) is 0 Å². The van der Waals surface area contributed by atoms with E-state index in [-0.39, 0.29) is 12.4 Å². The lowest BCUT2D eigenvalue weighted by Gasteiger charge is -2.29. The minimum absolute atomic E-state index is 0.111. The van der Waals surface area contributed by atoms with Gasteiger partial charge in [0.25, 0.3) is 0 Å². The highest BCUT2D eigenvalue weighted by Gasteiger charge is 2.43. The van der Waals surface area contributed by atoms with E-state index in [1.54, 1.807) is 31.2 Å². The number of halogens is 1. The Morgan fingerprint density at radius 1 is 1.23 bits per heavy atom. The molecule has 1 unspecified atom stereocenters. The fourth-order valence-corrected chi connectivity index (χ4v) is 4.35. The van der Waals surface area contributed by atoms with Gasteiger partial charge in [0, 0.05) is 28.3 Å². The van der Waals surface area contributed by atoms with Gasteiger partial charge in [-0.3, -0.25) is 4.79 Å². The van der Waals surface area contributed by atoms with Crippen LogP contribution in [0.5, 0.6) is 5.75 Å². The minimum Gasteiger partial charge on any atom is -0.488 e. The molecule has 0 radical (unpaired) electrons. The van der Waals surface area contributed by atoms with Crippen molar-refractivity contribution in [3.8, 4) is 5.75 Å². The van der Waals surface area contributed by atoms with Crippen molar-refractivity contribution in [1.82, 2.24) is 5.32 Å². The van der Waals surface area contributed by atoms with Crippen LogP contribution in [0.15, 0.2) is 72.0 Å². The van der Waals surface area contributed by atoms with Crippen LogP contribution in [0.1, 0.15) is 41.3 Å². The van der Waals surface area contributed by atoms with Crippen LogP contribution in [0.2, 0.25) is 5.02 Å². The average molecular weight is 436 g/mol. The number of hydrogen-bond donors (Lipinski definition) is 1. The number of ketones is 1. The van der Waals surface area contributed by atoms with E-state index in [9.17, 15) is 9.59 Å². The number of esters is 1. The summed E-state index contributed by atoms with van der Waals surface area (Å²) in [6.45, 7) is 7.77. The highest BCUT2D eigenvalue weighted by molar-refractivity contribution is 6.32. The molecule has 2 aromatic carbocycles. The number of ether oxygens (including phenoxy) is 2. The molecule has 31 heavy (non-hydrogen) atoms. The van der Waals surface area contributed by atoms with Gasteiger partial charge in [0.05, 0.1) is 22.9 Å². The number of dihydropyridines is 1. The van der Waals surface area contributed by atoms with Gasteiger partial charge in [-0.1, -0.05) is 54.6 Å². The van der Waals surface area contributed by atoms with Crippen molar-refractivity contribution in [2.45, 2.75) is 19.8 Å². The smallest absolute Gasteiger partial charge is 0.336 e. The van der Waals surface area contributed by atoms with Gasteiger partial charge in [-0.2, -0.15) is 0 Å². The molecule has 4 rings (SSSR count). The molecule has 0 bridgehead atoms. The molecule has 0 amide bonds. The Hall–Kier alpha value is -3.31. The van der Waals surface area contributed by atoms with Gasteiger partial charge in [-0.05, 0) is 31.5 Å². The molecule has 1 aliphatic heterocycles. The molecule has 6 heteroatoms. The minimum atomic E-state index is -0.610. The van der Waals surface area contributed by atoms with Crippen molar-refractivity contribution >= 4 is 29.1 Å². The van der Waals surface area contributed by atoms with E-state index in [0.717, 1.165) is 11.3 Å². The first kappa shape index (κ1) is 20.9. The second kappa shape index (κ2) is 8.44. The van der Waals surface area contributed by atoms with Crippen molar-refractivity contribution in [2.24, 2.45) is 0 Å². The van der Waals surface area contributed by atoms with E-state index in [1.807, 2.05) is 31.2 Å². The normalized spacial score (nSPS) is 17.1. The highest BCUT2D eigenvalue weighted by atomic mass is 35.5. The van der Waals surface area contributed by atoms with E-state index in [0.29, 0.717) is 45.3 Å². The summed E-state index contributed by atoms with van der Waals surface area (Å²) in [6.07, 6.45) is 1.63. The maximum Gasteiger partial charge on any atom is 0.336 e. The average Bonchev–Trinajstić information content (AvgIpc) is 3.04. The maximum absolute atomic E-state index is 13.4. The summed E-state index contributed by atoms with van der Waals surface area (Å²) in [6, 6.07) is 12.7. The SMILES string of the molecule is C=CCOc1ccc(C2C(C(=O)OCC)=C(C)NC3=C2C(=O)c2ccccc23)cc1Cl. The van der Waals surface area contributed by atoms with Gasteiger partial charge >= 0.3 is 5.97 Å². The molecule has 0 saturated carbocycles. The van der Waals surface area contributed by atoms with Crippen LogP contribution >= 0.6 is 11.6 Å². The fourth-order valence-electron chi connectivity index (χ4n) is 4.10. The Labute approximate surface area is 186 Å². The molecule has 1 heterocycles. The molecule has 1 atom stereocenters. The molecular formula is C25H22ClNO4. The first-order valence-corrected chi connectivity index (χ1v) is 10.4. The number of rotatable bonds is 6. The largest absolute Gasteiger partial charge is 0.488 e. The number of carbonyl (C=O) groups is 2. The second-order valence-electron chi connectivity index (χ2n) is 7.27. The highest BCUT2D eigenvalue weighted by Crippen LogP contribution is 2.47. The van der Waals surface area contributed by atoms with Gasteiger partial charge in [-0.15, -0.1) is 0 Å². The summed E-state index contributed by atoms with van der Waals surface area (Å²) < 4.78 is 10.9. The van der Waals surface area contributed by atoms with E-state index in [2.05, 4.69) is 11.9 Å². The zero-order valence-corrected chi connectivity index (χ0v) is 18.1. The molecule has 2 aliphatic rings. The molecule has 1 N–H and O–H groups in total. The first-order chi connectivity index (χ1) is 15.0. The summed E-state index contributed by atoms with van der Waals surface area (Å²) in [7, 11) is 0. The zero-order valence-electron chi connectivity index (χ0n) is 17.3. The second-order valence-corrected chi connectivity index (χ2v) is 7.68. The third-order valence-corrected chi connectivity index (χ3v) is 5.69. The number of allylic oxidation sites excluding steroid dienone is 2. The Bertz CT molecular complexity index is 1160. The summed E-state index contributed by atoms with van der Waals surface area (Å²) >= 11 is 6.47. The van der Waals surface area contributed by atoms with E-state index < -0.39 is 11.9 Å². The standard InChI is InChI=1S/C25H22ClNO4/c1-4-12-31-19-11-10-15(13-18(19)26)21-20(25(29)30-5-2)14(3)27-23-16-8-6-7-9-17(16)24(28)22(21)23/h4,6-11,13,21,27H,1,5,12H2,2-3H3. The van der Waals surface area contributed by atoms with E-state index >= 15 is 0 Å².